The summed E-state index contributed by atoms with van der Waals surface area (Å²) in [5, 5.41) is 5.39. The molecular weight excluding hydrogens is 258 g/mol. The van der Waals surface area contributed by atoms with Gasteiger partial charge in [0.2, 0.25) is 10.0 Å². The minimum Gasteiger partial charge on any atom is -0.318 e. The molecule has 0 aliphatic carbocycles. The van der Waals surface area contributed by atoms with Crippen molar-refractivity contribution in [1.29, 1.82) is 0 Å². The van der Waals surface area contributed by atoms with E-state index < -0.39 is 15.3 Å². The van der Waals surface area contributed by atoms with E-state index in [0.717, 1.165) is 10.7 Å². The van der Waals surface area contributed by atoms with Crippen LogP contribution in [0.2, 0.25) is 0 Å². The fourth-order valence-corrected chi connectivity index (χ4v) is 3.09. The van der Waals surface area contributed by atoms with Crippen molar-refractivity contribution in [3.05, 3.63) is 16.1 Å². The lowest BCUT2D eigenvalue weighted by Gasteiger charge is -2.12. The number of hydrogen-bond acceptors (Lipinski definition) is 5. The van der Waals surface area contributed by atoms with Crippen LogP contribution in [0.5, 0.6) is 0 Å². The average Bonchev–Trinajstić information content (AvgIpc) is 2.64. The standard InChI is InChI=1S/C10H19N3O2S2/c1-8(6-11-3)17(14,15)12-5-4-10-7-16-9(2)13-10/h7-8,11-12H,4-6H2,1-3H3. The molecule has 2 N–H and O–H groups in total. The number of thiazole rings is 1. The molecule has 0 aliphatic rings. The number of hydrogen-bond donors (Lipinski definition) is 2. The predicted octanol–water partition coefficient (Wildman–Crippen LogP) is 0.521. The molecule has 17 heavy (non-hydrogen) atoms. The monoisotopic (exact) mass is 277 g/mol. The van der Waals surface area contributed by atoms with E-state index in [1.54, 1.807) is 25.3 Å². The normalized spacial score (nSPS) is 13.8. The zero-order chi connectivity index (χ0) is 12.9. The van der Waals surface area contributed by atoms with Crippen LogP contribution in [0, 0.1) is 6.92 Å². The van der Waals surface area contributed by atoms with Gasteiger partial charge in [-0.1, -0.05) is 0 Å². The van der Waals surface area contributed by atoms with Crippen molar-refractivity contribution in [2.75, 3.05) is 20.1 Å². The second kappa shape index (κ2) is 6.44. The summed E-state index contributed by atoms with van der Waals surface area (Å²) < 4.78 is 26.1. The Hall–Kier alpha value is -0.500. The number of nitrogens with zero attached hydrogens (tertiary/aromatic N) is 1. The fraction of sp³-hybridized carbons (Fsp3) is 0.700. The Labute approximate surface area is 107 Å². The Bertz CT molecular complexity index is 442. The molecule has 1 unspecified atom stereocenters. The van der Waals surface area contributed by atoms with Gasteiger partial charge in [0.25, 0.3) is 0 Å². The van der Waals surface area contributed by atoms with Gasteiger partial charge in [0.05, 0.1) is 16.0 Å². The van der Waals surface area contributed by atoms with E-state index in [2.05, 4.69) is 15.0 Å². The van der Waals surface area contributed by atoms with Gasteiger partial charge < -0.3 is 5.32 Å². The third kappa shape index (κ3) is 4.71. The van der Waals surface area contributed by atoms with Crippen LogP contribution < -0.4 is 10.0 Å². The number of sulfonamides is 1. The highest BCUT2D eigenvalue weighted by Crippen LogP contribution is 2.08. The Morgan fingerprint density at radius 1 is 1.53 bits per heavy atom. The van der Waals surface area contributed by atoms with Gasteiger partial charge in [0.15, 0.2) is 0 Å². The van der Waals surface area contributed by atoms with E-state index in [1.807, 2.05) is 12.3 Å². The molecular formula is C10H19N3O2S2. The maximum absolute atomic E-state index is 11.7. The lowest BCUT2D eigenvalue weighted by molar-refractivity contribution is 0.563. The summed E-state index contributed by atoms with van der Waals surface area (Å²) in [6.07, 6.45) is 0.635. The van der Waals surface area contributed by atoms with Gasteiger partial charge in [0.1, 0.15) is 0 Å². The van der Waals surface area contributed by atoms with Gasteiger partial charge in [0, 0.05) is 24.9 Å². The topological polar surface area (TPSA) is 71.1 Å². The zero-order valence-corrected chi connectivity index (χ0v) is 12.0. The summed E-state index contributed by atoms with van der Waals surface area (Å²) >= 11 is 1.58. The minimum absolute atomic E-state index is 0.402. The molecule has 0 bridgehead atoms. The van der Waals surface area contributed by atoms with E-state index >= 15 is 0 Å². The minimum atomic E-state index is -3.22. The molecule has 0 saturated heterocycles. The van der Waals surface area contributed by atoms with Crippen molar-refractivity contribution < 1.29 is 8.42 Å². The van der Waals surface area contributed by atoms with Crippen LogP contribution in [-0.4, -0.2) is 38.8 Å². The molecule has 98 valence electrons. The van der Waals surface area contributed by atoms with Gasteiger partial charge in [-0.2, -0.15) is 0 Å². The second-order valence-corrected chi connectivity index (χ2v) is 7.16. The van der Waals surface area contributed by atoms with Crippen LogP contribution in [0.25, 0.3) is 0 Å². The lowest BCUT2D eigenvalue weighted by Crippen LogP contribution is -2.38. The average molecular weight is 277 g/mol. The number of aromatic nitrogens is 1. The molecule has 0 spiro atoms. The lowest BCUT2D eigenvalue weighted by atomic mass is 10.3. The van der Waals surface area contributed by atoms with E-state index in [0.29, 0.717) is 19.5 Å². The fourth-order valence-electron chi connectivity index (χ4n) is 1.38. The smallest absolute Gasteiger partial charge is 0.215 e. The van der Waals surface area contributed by atoms with Crippen LogP contribution in [0.1, 0.15) is 17.6 Å². The van der Waals surface area contributed by atoms with E-state index in [-0.39, 0.29) is 0 Å². The molecule has 1 aromatic rings. The summed E-state index contributed by atoms with van der Waals surface area (Å²) in [5.74, 6) is 0. The van der Waals surface area contributed by atoms with Crippen molar-refractivity contribution in [1.82, 2.24) is 15.0 Å². The Kier molecular flexibility index (Phi) is 5.51. The van der Waals surface area contributed by atoms with Crippen LogP contribution >= 0.6 is 11.3 Å². The van der Waals surface area contributed by atoms with Gasteiger partial charge in [-0.05, 0) is 20.9 Å². The predicted molar refractivity (Wildman–Crippen MR) is 70.9 cm³/mol. The molecule has 1 rings (SSSR count). The second-order valence-electron chi connectivity index (χ2n) is 3.92. The maximum atomic E-state index is 11.7. The molecule has 5 nitrogen and oxygen atoms in total. The van der Waals surface area contributed by atoms with E-state index in [9.17, 15) is 8.42 Å². The first kappa shape index (κ1) is 14.6. The first-order valence-electron chi connectivity index (χ1n) is 5.50. The highest BCUT2D eigenvalue weighted by atomic mass is 32.2. The molecule has 0 aromatic carbocycles. The van der Waals surface area contributed by atoms with E-state index in [4.69, 9.17) is 0 Å². The zero-order valence-electron chi connectivity index (χ0n) is 10.4. The summed E-state index contributed by atoms with van der Waals surface area (Å²) in [6, 6.07) is 0. The van der Waals surface area contributed by atoms with Gasteiger partial charge in [-0.3, -0.25) is 0 Å². The Morgan fingerprint density at radius 3 is 2.76 bits per heavy atom. The van der Waals surface area contributed by atoms with Crippen molar-refractivity contribution in [3.63, 3.8) is 0 Å². The number of rotatable bonds is 7. The number of nitrogens with one attached hydrogen (secondary N) is 2. The Balaban J connectivity index is 2.40. The van der Waals surface area contributed by atoms with Crippen LogP contribution in [-0.2, 0) is 16.4 Å². The quantitative estimate of drug-likeness (QED) is 0.762. The molecule has 0 fully saturated rings. The third-order valence-corrected chi connectivity index (χ3v) is 5.03. The van der Waals surface area contributed by atoms with Crippen LogP contribution in [0.3, 0.4) is 0 Å². The van der Waals surface area contributed by atoms with Crippen molar-refractivity contribution in [2.45, 2.75) is 25.5 Å². The first-order chi connectivity index (χ1) is 7.95. The maximum Gasteiger partial charge on any atom is 0.215 e. The summed E-state index contributed by atoms with van der Waals surface area (Å²) in [7, 11) is -1.48. The largest absolute Gasteiger partial charge is 0.318 e. The summed E-state index contributed by atoms with van der Waals surface area (Å²) in [4.78, 5) is 4.28. The molecule has 1 aromatic heterocycles. The van der Waals surface area contributed by atoms with Gasteiger partial charge in [-0.15, -0.1) is 11.3 Å². The molecule has 0 radical (unpaired) electrons. The first-order valence-corrected chi connectivity index (χ1v) is 7.92. The molecule has 1 heterocycles. The molecule has 0 saturated carbocycles. The van der Waals surface area contributed by atoms with Crippen molar-refractivity contribution in [2.24, 2.45) is 0 Å². The van der Waals surface area contributed by atoms with Crippen molar-refractivity contribution >= 4 is 21.4 Å². The van der Waals surface area contributed by atoms with Crippen LogP contribution in [0.4, 0.5) is 0 Å². The highest BCUT2D eigenvalue weighted by Gasteiger charge is 2.18. The molecule has 7 heteroatoms. The van der Waals surface area contributed by atoms with E-state index in [1.165, 1.54) is 0 Å². The summed E-state index contributed by atoms with van der Waals surface area (Å²) in [6.45, 7) is 4.48. The van der Waals surface area contributed by atoms with Gasteiger partial charge in [-0.25, -0.2) is 18.1 Å². The number of aryl methyl sites for hydroxylation is 1. The Morgan fingerprint density at radius 2 is 2.24 bits per heavy atom. The van der Waals surface area contributed by atoms with Crippen LogP contribution in [0.15, 0.2) is 5.38 Å². The highest BCUT2D eigenvalue weighted by molar-refractivity contribution is 7.90. The molecule has 1 atom stereocenters. The summed E-state index contributed by atoms with van der Waals surface area (Å²) in [5.41, 5.74) is 0.941. The SMILES string of the molecule is CNCC(C)S(=O)(=O)NCCc1csc(C)n1. The van der Waals surface area contributed by atoms with Gasteiger partial charge >= 0.3 is 0 Å². The third-order valence-electron chi connectivity index (χ3n) is 2.37. The molecule has 0 aliphatic heterocycles. The molecule has 0 amide bonds. The van der Waals surface area contributed by atoms with Crippen molar-refractivity contribution in [3.8, 4) is 0 Å².